The molecule has 0 radical (unpaired) electrons. The van der Waals surface area contributed by atoms with Crippen LogP contribution in [0.25, 0.3) is 10.2 Å². The zero-order valence-electron chi connectivity index (χ0n) is 17.2. The van der Waals surface area contributed by atoms with Gasteiger partial charge in [-0.25, -0.2) is 4.98 Å². The van der Waals surface area contributed by atoms with Crippen molar-refractivity contribution in [2.45, 2.75) is 38.6 Å². The Balaban J connectivity index is 1.30. The largest absolute Gasteiger partial charge is 0.456 e. The van der Waals surface area contributed by atoms with Crippen LogP contribution in [0.4, 0.5) is 11.4 Å². The first-order valence-corrected chi connectivity index (χ1v) is 11.0. The number of aryl methyl sites for hydroxylation is 1. The number of ether oxygens (including phenoxy) is 1. The molecule has 1 aromatic heterocycles. The highest BCUT2D eigenvalue weighted by Gasteiger charge is 2.30. The van der Waals surface area contributed by atoms with Crippen molar-refractivity contribution < 1.29 is 19.1 Å². The Labute approximate surface area is 184 Å². The Hall–Kier alpha value is -3.26. The number of carbonyl (C=O) groups excluding carboxylic acids is 3. The molecule has 0 aliphatic carbocycles. The molecular weight excluding hydrogens is 414 g/mol. The molecule has 3 aromatic rings. The molecule has 0 bridgehead atoms. The molecule has 160 valence electrons. The van der Waals surface area contributed by atoms with Gasteiger partial charge in [-0.1, -0.05) is 24.3 Å². The summed E-state index contributed by atoms with van der Waals surface area (Å²) in [6.45, 7) is 1.45. The van der Waals surface area contributed by atoms with Crippen LogP contribution in [-0.2, 0) is 25.5 Å². The van der Waals surface area contributed by atoms with Gasteiger partial charge in [0.05, 0.1) is 26.6 Å². The third-order valence-corrected chi connectivity index (χ3v) is 6.19. The number of nitrogens with one attached hydrogen (secondary N) is 1. The van der Waals surface area contributed by atoms with Gasteiger partial charge in [0.2, 0.25) is 5.91 Å². The molecule has 0 spiro atoms. The molecule has 8 heteroatoms. The predicted molar refractivity (Wildman–Crippen MR) is 120 cm³/mol. The fraction of sp³-hybridized carbons (Fsp3) is 0.304. The second-order valence-electron chi connectivity index (χ2n) is 7.47. The monoisotopic (exact) mass is 437 g/mol. The molecule has 0 saturated heterocycles. The van der Waals surface area contributed by atoms with Gasteiger partial charge in [0, 0.05) is 18.9 Å². The van der Waals surface area contributed by atoms with Crippen LogP contribution in [0.15, 0.2) is 48.5 Å². The van der Waals surface area contributed by atoms with E-state index in [4.69, 9.17) is 4.74 Å². The lowest BCUT2D eigenvalue weighted by Crippen LogP contribution is -2.41. The number of fused-ring (bicyclic) bond motifs is 2. The zero-order chi connectivity index (χ0) is 21.8. The summed E-state index contributed by atoms with van der Waals surface area (Å²) in [6.07, 6.45) is 1.69. The number of rotatable bonds is 6. The fourth-order valence-electron chi connectivity index (χ4n) is 3.66. The van der Waals surface area contributed by atoms with Crippen molar-refractivity contribution in [3.63, 3.8) is 0 Å². The topological polar surface area (TPSA) is 88.6 Å². The van der Waals surface area contributed by atoms with Crippen LogP contribution in [-0.4, -0.2) is 35.4 Å². The molecule has 31 heavy (non-hydrogen) atoms. The molecule has 0 fully saturated rings. The van der Waals surface area contributed by atoms with Gasteiger partial charge in [0.15, 0.2) is 6.61 Å². The highest BCUT2D eigenvalue weighted by molar-refractivity contribution is 7.18. The van der Waals surface area contributed by atoms with Crippen LogP contribution in [0.1, 0.15) is 31.2 Å². The van der Waals surface area contributed by atoms with Crippen molar-refractivity contribution >= 4 is 50.7 Å². The number of amides is 2. The van der Waals surface area contributed by atoms with Gasteiger partial charge >= 0.3 is 5.97 Å². The van der Waals surface area contributed by atoms with Crippen LogP contribution in [0.2, 0.25) is 0 Å². The van der Waals surface area contributed by atoms with Gasteiger partial charge in [-0.15, -0.1) is 11.3 Å². The fourth-order valence-corrected chi connectivity index (χ4v) is 4.67. The molecule has 1 aliphatic heterocycles. The van der Waals surface area contributed by atoms with E-state index in [-0.39, 0.29) is 37.3 Å². The summed E-state index contributed by atoms with van der Waals surface area (Å²) >= 11 is 1.62. The standard InChI is InChI=1S/C23H23N3O4S/c1-15-13-20(27)24-16-7-2-4-9-18(16)26(15)22(28)14-30-23(29)12-6-11-21-25-17-8-3-5-10-19(17)31-21/h2-5,7-10,15H,6,11-14H2,1H3,(H,24,27). The molecule has 0 saturated carbocycles. The molecule has 1 aliphatic rings. The third kappa shape index (κ3) is 4.91. The normalized spacial score (nSPS) is 15.8. The number of benzene rings is 2. The summed E-state index contributed by atoms with van der Waals surface area (Å²) in [4.78, 5) is 43.1. The van der Waals surface area contributed by atoms with Gasteiger partial charge in [-0.3, -0.25) is 14.4 Å². The first kappa shape index (κ1) is 21.0. The van der Waals surface area contributed by atoms with E-state index in [0.29, 0.717) is 24.2 Å². The van der Waals surface area contributed by atoms with Crippen molar-refractivity contribution in [1.82, 2.24) is 4.98 Å². The lowest BCUT2D eigenvalue weighted by molar-refractivity contribution is -0.148. The minimum absolute atomic E-state index is 0.151. The molecular formula is C23H23N3O4S. The first-order chi connectivity index (χ1) is 15.0. The van der Waals surface area contributed by atoms with E-state index >= 15 is 0 Å². The van der Waals surface area contributed by atoms with Crippen molar-refractivity contribution in [3.05, 3.63) is 53.5 Å². The van der Waals surface area contributed by atoms with Crippen LogP contribution in [0.5, 0.6) is 0 Å². The summed E-state index contributed by atoms with van der Waals surface area (Å²) in [7, 11) is 0. The lowest BCUT2D eigenvalue weighted by Gasteiger charge is -2.27. The predicted octanol–water partition coefficient (Wildman–Crippen LogP) is 3.93. The van der Waals surface area contributed by atoms with Gasteiger partial charge in [0.1, 0.15) is 0 Å². The summed E-state index contributed by atoms with van der Waals surface area (Å²) < 4.78 is 6.36. The molecule has 1 atom stereocenters. The number of aromatic nitrogens is 1. The van der Waals surface area contributed by atoms with Crippen LogP contribution in [0, 0.1) is 0 Å². The van der Waals surface area contributed by atoms with Gasteiger partial charge in [-0.2, -0.15) is 0 Å². The highest BCUT2D eigenvalue weighted by Crippen LogP contribution is 2.31. The minimum Gasteiger partial charge on any atom is -0.456 e. The lowest BCUT2D eigenvalue weighted by atomic mass is 10.1. The number of anilines is 2. The van der Waals surface area contributed by atoms with Gasteiger partial charge in [0.25, 0.3) is 5.91 Å². The number of hydrogen-bond acceptors (Lipinski definition) is 6. The van der Waals surface area contributed by atoms with E-state index in [0.717, 1.165) is 15.2 Å². The molecule has 2 heterocycles. The van der Waals surface area contributed by atoms with Crippen molar-refractivity contribution in [3.8, 4) is 0 Å². The molecule has 2 aromatic carbocycles. The van der Waals surface area contributed by atoms with E-state index in [1.54, 1.807) is 42.5 Å². The quantitative estimate of drug-likeness (QED) is 0.591. The molecule has 2 amide bonds. The van der Waals surface area contributed by atoms with Crippen LogP contribution in [0.3, 0.4) is 0 Å². The maximum atomic E-state index is 12.8. The minimum atomic E-state index is -0.417. The Morgan fingerprint density at radius 3 is 2.81 bits per heavy atom. The number of nitrogens with zero attached hydrogens (tertiary/aromatic N) is 2. The second-order valence-corrected chi connectivity index (χ2v) is 8.59. The molecule has 1 N–H and O–H groups in total. The number of carbonyl (C=O) groups is 3. The van der Waals surface area contributed by atoms with E-state index < -0.39 is 5.97 Å². The Kier molecular flexibility index (Phi) is 6.27. The third-order valence-electron chi connectivity index (χ3n) is 5.09. The average Bonchev–Trinajstić information content (AvgIpc) is 3.10. The number of hydrogen-bond donors (Lipinski definition) is 1. The number of para-hydroxylation sites is 3. The van der Waals surface area contributed by atoms with Gasteiger partial charge in [-0.05, 0) is 44.0 Å². The Bertz CT molecular complexity index is 1090. The first-order valence-electron chi connectivity index (χ1n) is 10.2. The second kappa shape index (κ2) is 9.26. The van der Waals surface area contributed by atoms with E-state index in [9.17, 15) is 14.4 Å². The Morgan fingerprint density at radius 2 is 1.97 bits per heavy atom. The summed E-state index contributed by atoms with van der Waals surface area (Å²) in [5.74, 6) is -0.919. The summed E-state index contributed by atoms with van der Waals surface area (Å²) in [5.41, 5.74) is 2.15. The maximum Gasteiger partial charge on any atom is 0.306 e. The Morgan fingerprint density at radius 1 is 1.19 bits per heavy atom. The van der Waals surface area contributed by atoms with Crippen molar-refractivity contribution in [2.24, 2.45) is 0 Å². The smallest absolute Gasteiger partial charge is 0.306 e. The molecule has 1 unspecified atom stereocenters. The summed E-state index contributed by atoms with van der Waals surface area (Å²) in [5, 5.41) is 3.79. The highest BCUT2D eigenvalue weighted by atomic mass is 32.1. The maximum absolute atomic E-state index is 12.8. The van der Waals surface area contributed by atoms with E-state index in [2.05, 4.69) is 10.3 Å². The SMILES string of the molecule is CC1CC(=O)Nc2ccccc2N1C(=O)COC(=O)CCCc1nc2ccccc2s1. The van der Waals surface area contributed by atoms with E-state index in [1.165, 1.54) is 4.90 Å². The van der Waals surface area contributed by atoms with E-state index in [1.807, 2.05) is 24.3 Å². The van der Waals surface area contributed by atoms with Crippen LogP contribution < -0.4 is 10.2 Å². The number of esters is 1. The zero-order valence-corrected chi connectivity index (χ0v) is 18.0. The summed E-state index contributed by atoms with van der Waals surface area (Å²) in [6, 6.07) is 14.7. The molecule has 7 nitrogen and oxygen atoms in total. The van der Waals surface area contributed by atoms with Gasteiger partial charge < -0.3 is 15.0 Å². The van der Waals surface area contributed by atoms with Crippen molar-refractivity contribution in [2.75, 3.05) is 16.8 Å². The average molecular weight is 438 g/mol. The van der Waals surface area contributed by atoms with Crippen molar-refractivity contribution in [1.29, 1.82) is 0 Å². The molecule has 4 rings (SSSR count). The van der Waals surface area contributed by atoms with Crippen LogP contribution >= 0.6 is 11.3 Å². The number of thiazole rings is 1.